The molecule has 88 valence electrons. The topological polar surface area (TPSA) is 24.9 Å². The van der Waals surface area contributed by atoms with Crippen LogP contribution in [0.1, 0.15) is 32.1 Å². The Morgan fingerprint density at radius 1 is 1.12 bits per heavy atom. The molecule has 1 heterocycles. The first-order valence-corrected chi connectivity index (χ1v) is 5.45. The summed E-state index contributed by atoms with van der Waals surface area (Å²) >= 11 is 0. The molecule has 5 heteroatoms. The predicted molar refractivity (Wildman–Crippen MR) is 54.6 cm³/mol. The number of nitrogens with one attached hydrogen (secondary N) is 1. The maximum absolute atomic E-state index is 13.3. The molecule has 0 aliphatic heterocycles. The number of hydrogen-bond donors (Lipinski definition) is 1. The lowest BCUT2D eigenvalue weighted by molar-refractivity contribution is 0.438. The molecule has 1 aromatic heterocycles. The van der Waals surface area contributed by atoms with Crippen LogP contribution in [0.25, 0.3) is 0 Å². The average Bonchev–Trinajstić information content (AvgIpc) is 2.27. The summed E-state index contributed by atoms with van der Waals surface area (Å²) < 4.78 is 38.9. The maximum atomic E-state index is 13.3. The molecule has 0 saturated heterocycles. The van der Waals surface area contributed by atoms with Crippen LogP contribution >= 0.6 is 0 Å². The third kappa shape index (κ3) is 2.46. The summed E-state index contributed by atoms with van der Waals surface area (Å²) in [4.78, 5) is 2.78. The van der Waals surface area contributed by atoms with E-state index in [-0.39, 0.29) is 11.7 Å². The quantitative estimate of drug-likeness (QED) is 0.789. The van der Waals surface area contributed by atoms with Crippen LogP contribution in [-0.2, 0) is 0 Å². The summed E-state index contributed by atoms with van der Waals surface area (Å²) in [6.45, 7) is 0. The summed E-state index contributed by atoms with van der Waals surface area (Å²) in [7, 11) is 0. The highest BCUT2D eigenvalue weighted by Crippen LogP contribution is 2.24. The Morgan fingerprint density at radius 3 is 2.50 bits per heavy atom. The van der Waals surface area contributed by atoms with Crippen LogP contribution in [0.2, 0.25) is 0 Å². The largest absolute Gasteiger partial charge is 0.380 e. The molecule has 0 atom stereocenters. The van der Waals surface area contributed by atoms with Gasteiger partial charge < -0.3 is 5.32 Å². The van der Waals surface area contributed by atoms with Crippen molar-refractivity contribution in [3.05, 3.63) is 23.8 Å². The number of aromatic nitrogens is 1. The average molecular weight is 230 g/mol. The van der Waals surface area contributed by atoms with Crippen molar-refractivity contribution < 1.29 is 13.2 Å². The van der Waals surface area contributed by atoms with Crippen molar-refractivity contribution in [2.45, 2.75) is 38.1 Å². The van der Waals surface area contributed by atoms with Gasteiger partial charge in [-0.05, 0) is 12.8 Å². The Kier molecular flexibility index (Phi) is 3.31. The molecule has 16 heavy (non-hydrogen) atoms. The van der Waals surface area contributed by atoms with Crippen LogP contribution < -0.4 is 5.32 Å². The number of hydrogen-bond acceptors (Lipinski definition) is 2. The molecule has 0 bridgehead atoms. The maximum Gasteiger partial charge on any atom is 0.253 e. The molecular formula is C11H13F3N2. The second-order valence-electron chi connectivity index (χ2n) is 4.08. The van der Waals surface area contributed by atoms with Gasteiger partial charge >= 0.3 is 0 Å². The van der Waals surface area contributed by atoms with E-state index in [9.17, 15) is 13.2 Å². The predicted octanol–water partition coefficient (Wildman–Crippen LogP) is 3.24. The second kappa shape index (κ2) is 4.72. The van der Waals surface area contributed by atoms with Gasteiger partial charge in [-0.1, -0.05) is 19.3 Å². The van der Waals surface area contributed by atoms with E-state index in [0.717, 1.165) is 31.7 Å². The summed E-state index contributed by atoms with van der Waals surface area (Å²) in [5, 5.41) is 2.84. The lowest BCUT2D eigenvalue weighted by Gasteiger charge is -2.23. The number of rotatable bonds is 2. The van der Waals surface area contributed by atoms with Gasteiger partial charge in [-0.2, -0.15) is 18.2 Å². The van der Waals surface area contributed by atoms with Crippen LogP contribution in [-0.4, -0.2) is 11.0 Å². The Bertz CT molecular complexity index is 376. The van der Waals surface area contributed by atoms with Crippen molar-refractivity contribution in [2.24, 2.45) is 0 Å². The van der Waals surface area contributed by atoms with Gasteiger partial charge in [0.05, 0.1) is 5.69 Å². The number of pyridine rings is 1. The van der Waals surface area contributed by atoms with Gasteiger partial charge in [0, 0.05) is 12.1 Å². The minimum Gasteiger partial charge on any atom is -0.380 e. The van der Waals surface area contributed by atoms with E-state index in [1.165, 1.54) is 6.42 Å². The van der Waals surface area contributed by atoms with Gasteiger partial charge in [-0.3, -0.25) is 0 Å². The molecular weight excluding hydrogens is 217 g/mol. The highest BCUT2D eigenvalue weighted by Gasteiger charge is 2.18. The van der Waals surface area contributed by atoms with Crippen LogP contribution in [0.4, 0.5) is 18.9 Å². The van der Waals surface area contributed by atoms with Crippen LogP contribution in [0.15, 0.2) is 6.07 Å². The normalized spacial score (nSPS) is 17.4. The van der Waals surface area contributed by atoms with Crippen molar-refractivity contribution in [1.29, 1.82) is 0 Å². The van der Waals surface area contributed by atoms with Gasteiger partial charge in [0.1, 0.15) is 0 Å². The smallest absolute Gasteiger partial charge is 0.253 e. The van der Waals surface area contributed by atoms with Crippen molar-refractivity contribution in [3.63, 3.8) is 0 Å². The van der Waals surface area contributed by atoms with E-state index in [1.54, 1.807) is 0 Å². The van der Waals surface area contributed by atoms with Crippen LogP contribution in [0.5, 0.6) is 0 Å². The Balaban J connectivity index is 2.13. The van der Waals surface area contributed by atoms with Crippen molar-refractivity contribution in [2.75, 3.05) is 5.32 Å². The first-order chi connectivity index (χ1) is 7.66. The standard InChI is InChI=1S/C11H13F3N2/c12-9-6-8(10(13)11(14)16-9)15-7-4-2-1-3-5-7/h6-7H,1-5H2,(H,15,16). The Hall–Kier alpha value is -1.26. The fourth-order valence-corrected chi connectivity index (χ4v) is 2.04. The van der Waals surface area contributed by atoms with Gasteiger partial charge in [-0.25, -0.2) is 0 Å². The SMILES string of the molecule is Fc1cc(NC2CCCCC2)c(F)c(F)n1. The molecule has 1 N–H and O–H groups in total. The van der Waals surface area contributed by atoms with E-state index < -0.39 is 17.7 Å². The fourth-order valence-electron chi connectivity index (χ4n) is 2.04. The first kappa shape index (κ1) is 11.2. The molecule has 0 radical (unpaired) electrons. The van der Waals surface area contributed by atoms with Crippen LogP contribution in [0, 0.1) is 17.7 Å². The molecule has 2 rings (SSSR count). The zero-order valence-electron chi connectivity index (χ0n) is 8.77. The molecule has 2 nitrogen and oxygen atoms in total. The minimum absolute atomic E-state index is 0.101. The van der Waals surface area contributed by atoms with E-state index >= 15 is 0 Å². The third-order valence-electron chi connectivity index (χ3n) is 2.85. The number of anilines is 1. The summed E-state index contributed by atoms with van der Waals surface area (Å²) in [6, 6.07) is 0.997. The second-order valence-corrected chi connectivity index (χ2v) is 4.08. The molecule has 0 amide bonds. The fraction of sp³-hybridized carbons (Fsp3) is 0.545. The summed E-state index contributed by atoms with van der Waals surface area (Å²) in [5.41, 5.74) is -0.128. The summed E-state index contributed by atoms with van der Waals surface area (Å²) in [6.07, 6.45) is 5.11. The molecule has 1 aliphatic rings. The van der Waals surface area contributed by atoms with Gasteiger partial charge in [0.25, 0.3) is 5.95 Å². The molecule has 1 aromatic rings. The monoisotopic (exact) mass is 230 g/mol. The third-order valence-corrected chi connectivity index (χ3v) is 2.85. The molecule has 1 saturated carbocycles. The summed E-state index contributed by atoms with van der Waals surface area (Å²) in [5.74, 6) is -3.50. The van der Waals surface area contributed by atoms with Gasteiger partial charge in [-0.15, -0.1) is 0 Å². The van der Waals surface area contributed by atoms with Crippen molar-refractivity contribution in [1.82, 2.24) is 4.98 Å². The van der Waals surface area contributed by atoms with Crippen molar-refractivity contribution in [3.8, 4) is 0 Å². The van der Waals surface area contributed by atoms with Crippen LogP contribution in [0.3, 0.4) is 0 Å². The number of nitrogens with zero attached hydrogens (tertiary/aromatic N) is 1. The number of halogens is 3. The highest BCUT2D eigenvalue weighted by molar-refractivity contribution is 5.44. The van der Waals surface area contributed by atoms with E-state index in [2.05, 4.69) is 10.3 Å². The van der Waals surface area contributed by atoms with Gasteiger partial charge in [0.15, 0.2) is 0 Å². The lowest BCUT2D eigenvalue weighted by atomic mass is 9.95. The van der Waals surface area contributed by atoms with E-state index in [1.807, 2.05) is 0 Å². The van der Waals surface area contributed by atoms with Gasteiger partial charge in [0.2, 0.25) is 11.8 Å². The molecule has 1 fully saturated rings. The molecule has 0 unspecified atom stereocenters. The van der Waals surface area contributed by atoms with E-state index in [0.29, 0.717) is 0 Å². The highest BCUT2D eigenvalue weighted by atomic mass is 19.2. The Morgan fingerprint density at radius 2 is 1.81 bits per heavy atom. The van der Waals surface area contributed by atoms with Crippen molar-refractivity contribution >= 4 is 5.69 Å². The minimum atomic E-state index is -1.39. The molecule has 0 aromatic carbocycles. The molecule has 1 aliphatic carbocycles. The zero-order chi connectivity index (χ0) is 11.5. The first-order valence-electron chi connectivity index (χ1n) is 5.45. The van der Waals surface area contributed by atoms with E-state index in [4.69, 9.17) is 0 Å². The lowest BCUT2D eigenvalue weighted by Crippen LogP contribution is -2.23. The molecule has 0 spiro atoms. The zero-order valence-corrected chi connectivity index (χ0v) is 8.77. The Labute approximate surface area is 91.9 Å².